The zero-order valence-electron chi connectivity index (χ0n) is 7.05. The van der Waals surface area contributed by atoms with E-state index in [1.165, 1.54) is 0 Å². The Morgan fingerprint density at radius 3 is 2.46 bits per heavy atom. The molecule has 1 heterocycles. The van der Waals surface area contributed by atoms with Crippen LogP contribution in [-0.4, -0.2) is 22.8 Å². The lowest BCUT2D eigenvalue weighted by atomic mass is 10.3. The molecule has 0 unspecified atom stereocenters. The van der Waals surface area contributed by atoms with Gasteiger partial charge in [-0.1, -0.05) is 18.2 Å². The van der Waals surface area contributed by atoms with Crippen molar-refractivity contribution in [3.05, 3.63) is 30.3 Å². The highest BCUT2D eigenvalue weighted by Crippen LogP contribution is 2.19. The number of hydroxylamine groups is 1. The Labute approximate surface area is 75.9 Å². The van der Waals surface area contributed by atoms with Gasteiger partial charge in [0.25, 0.3) is 5.91 Å². The van der Waals surface area contributed by atoms with Crippen LogP contribution < -0.4 is 5.01 Å². The first-order valence-electron chi connectivity index (χ1n) is 4.13. The highest BCUT2D eigenvalue weighted by atomic mass is 16.6. The summed E-state index contributed by atoms with van der Waals surface area (Å²) in [6, 6.07) is 9.32. The minimum absolute atomic E-state index is 0.260. The fourth-order valence-electron chi connectivity index (χ4n) is 1.37. The van der Waals surface area contributed by atoms with Crippen molar-refractivity contribution in [1.29, 1.82) is 0 Å². The maximum absolute atomic E-state index is 11.0. The van der Waals surface area contributed by atoms with Crippen LogP contribution in [0.3, 0.4) is 0 Å². The van der Waals surface area contributed by atoms with Crippen LogP contribution in [0.15, 0.2) is 30.3 Å². The molecule has 1 aliphatic rings. The smallest absolute Gasteiger partial charge is 0.268 e. The molecule has 0 aliphatic carbocycles. The Bertz CT molecular complexity index is 313. The van der Waals surface area contributed by atoms with Gasteiger partial charge < -0.3 is 0 Å². The monoisotopic (exact) mass is 178 g/mol. The lowest BCUT2D eigenvalue weighted by Gasteiger charge is -2.23. The maximum Gasteiger partial charge on any atom is 0.268 e. The fourth-order valence-corrected chi connectivity index (χ4v) is 1.37. The van der Waals surface area contributed by atoms with E-state index >= 15 is 0 Å². The van der Waals surface area contributed by atoms with Gasteiger partial charge in [-0.05, 0) is 12.1 Å². The molecular weight excluding hydrogens is 168 g/mol. The molecule has 1 amide bonds. The molecule has 0 radical (unpaired) electrons. The van der Waals surface area contributed by atoms with Crippen molar-refractivity contribution in [2.24, 2.45) is 0 Å². The number of rotatable bonds is 1. The third-order valence-electron chi connectivity index (χ3n) is 2.04. The van der Waals surface area contributed by atoms with Gasteiger partial charge in [0.1, 0.15) is 0 Å². The second kappa shape index (κ2) is 3.06. The topological polar surface area (TPSA) is 43.8 Å². The van der Waals surface area contributed by atoms with Crippen LogP contribution in [0.1, 0.15) is 6.42 Å². The molecule has 0 saturated carbocycles. The van der Waals surface area contributed by atoms with Crippen LogP contribution in [0.2, 0.25) is 0 Å². The molecule has 1 aromatic carbocycles. The van der Waals surface area contributed by atoms with E-state index in [0.29, 0.717) is 18.1 Å². The van der Waals surface area contributed by atoms with E-state index in [-0.39, 0.29) is 5.91 Å². The number of nitrogens with zero attached hydrogens (tertiary/aromatic N) is 2. The van der Waals surface area contributed by atoms with Gasteiger partial charge in [-0.2, -0.15) is 0 Å². The number of hydrogen-bond donors (Lipinski definition) is 1. The summed E-state index contributed by atoms with van der Waals surface area (Å²) in [6.45, 7) is 0.541. The molecule has 0 spiro atoms. The van der Waals surface area contributed by atoms with Gasteiger partial charge in [-0.15, -0.1) is 5.17 Å². The Kier molecular flexibility index (Phi) is 1.90. The average Bonchev–Trinajstić information content (AvgIpc) is 2.49. The lowest BCUT2D eigenvalue weighted by Crippen LogP contribution is -2.35. The predicted molar refractivity (Wildman–Crippen MR) is 47.0 cm³/mol. The Morgan fingerprint density at radius 2 is 1.92 bits per heavy atom. The van der Waals surface area contributed by atoms with Gasteiger partial charge in [0.15, 0.2) is 0 Å². The summed E-state index contributed by atoms with van der Waals surface area (Å²) in [5.74, 6) is -0.260. The molecule has 1 aromatic rings. The predicted octanol–water partition coefficient (Wildman–Crippen LogP) is 1.03. The van der Waals surface area contributed by atoms with Gasteiger partial charge in [0.05, 0.1) is 18.7 Å². The number of carbonyl (C=O) groups excluding carboxylic acids is 1. The minimum Gasteiger partial charge on any atom is -0.270 e. The number of hydrazine groups is 1. The molecular formula is C9H10N2O2. The summed E-state index contributed by atoms with van der Waals surface area (Å²) in [5.41, 5.74) is 0.829. The number of anilines is 1. The third-order valence-corrected chi connectivity index (χ3v) is 2.04. The van der Waals surface area contributed by atoms with Gasteiger partial charge in [0.2, 0.25) is 0 Å². The van der Waals surface area contributed by atoms with E-state index < -0.39 is 0 Å². The van der Waals surface area contributed by atoms with Crippen LogP contribution >= 0.6 is 0 Å². The van der Waals surface area contributed by atoms with E-state index in [2.05, 4.69) is 0 Å². The zero-order chi connectivity index (χ0) is 9.26. The van der Waals surface area contributed by atoms with Crippen LogP contribution in [-0.2, 0) is 4.79 Å². The van der Waals surface area contributed by atoms with Crippen molar-refractivity contribution in [3.63, 3.8) is 0 Å². The van der Waals surface area contributed by atoms with E-state index in [0.717, 1.165) is 5.69 Å². The molecule has 2 rings (SSSR count). The molecule has 0 aromatic heterocycles. The zero-order valence-corrected chi connectivity index (χ0v) is 7.05. The summed E-state index contributed by atoms with van der Waals surface area (Å²) in [6.07, 6.45) is 0.366. The molecule has 1 saturated heterocycles. The van der Waals surface area contributed by atoms with Crippen LogP contribution in [0.25, 0.3) is 0 Å². The summed E-state index contributed by atoms with van der Waals surface area (Å²) in [4.78, 5) is 11.0. The average molecular weight is 178 g/mol. The Hall–Kier alpha value is -1.55. The van der Waals surface area contributed by atoms with E-state index in [1.54, 1.807) is 5.01 Å². The van der Waals surface area contributed by atoms with Crippen LogP contribution in [0, 0.1) is 0 Å². The number of benzene rings is 1. The minimum atomic E-state index is -0.260. The summed E-state index contributed by atoms with van der Waals surface area (Å²) >= 11 is 0. The van der Waals surface area contributed by atoms with Gasteiger partial charge >= 0.3 is 0 Å². The molecule has 0 atom stereocenters. The van der Waals surface area contributed by atoms with Crippen molar-refractivity contribution in [3.8, 4) is 0 Å². The van der Waals surface area contributed by atoms with E-state index in [1.807, 2.05) is 30.3 Å². The lowest BCUT2D eigenvalue weighted by molar-refractivity contribution is -0.159. The van der Waals surface area contributed by atoms with Gasteiger partial charge in [-0.25, -0.2) is 0 Å². The summed E-state index contributed by atoms with van der Waals surface area (Å²) in [5, 5.41) is 11.5. The van der Waals surface area contributed by atoms with Crippen molar-refractivity contribution in [2.75, 3.05) is 11.6 Å². The SMILES string of the molecule is O=C1CCN(c2ccccc2)N1O. The Morgan fingerprint density at radius 1 is 1.23 bits per heavy atom. The number of hydrogen-bond acceptors (Lipinski definition) is 3. The fraction of sp³-hybridized carbons (Fsp3) is 0.222. The highest BCUT2D eigenvalue weighted by Gasteiger charge is 2.27. The normalized spacial score (nSPS) is 16.8. The largest absolute Gasteiger partial charge is 0.270 e. The second-order valence-corrected chi connectivity index (χ2v) is 2.89. The van der Waals surface area contributed by atoms with Crippen molar-refractivity contribution >= 4 is 11.6 Å². The standard InChI is InChI=1S/C9H10N2O2/c12-9-6-7-10(11(9)13)8-4-2-1-3-5-8/h1-5,13H,6-7H2. The first-order chi connectivity index (χ1) is 6.29. The first-order valence-corrected chi connectivity index (χ1v) is 4.13. The first kappa shape index (κ1) is 8.07. The molecule has 68 valence electrons. The molecule has 4 nitrogen and oxygen atoms in total. The molecule has 1 fully saturated rings. The summed E-state index contributed by atoms with van der Waals surface area (Å²) in [7, 11) is 0. The quantitative estimate of drug-likeness (QED) is 0.653. The van der Waals surface area contributed by atoms with Crippen LogP contribution in [0.5, 0.6) is 0 Å². The number of carbonyl (C=O) groups is 1. The highest BCUT2D eigenvalue weighted by molar-refractivity contribution is 5.80. The molecule has 1 N–H and O–H groups in total. The van der Waals surface area contributed by atoms with Crippen molar-refractivity contribution in [2.45, 2.75) is 6.42 Å². The van der Waals surface area contributed by atoms with E-state index in [4.69, 9.17) is 0 Å². The van der Waals surface area contributed by atoms with Gasteiger partial charge in [-0.3, -0.25) is 15.0 Å². The maximum atomic E-state index is 11.0. The molecule has 1 aliphatic heterocycles. The summed E-state index contributed by atoms with van der Waals surface area (Å²) < 4.78 is 0. The number of para-hydroxylation sites is 1. The molecule has 13 heavy (non-hydrogen) atoms. The second-order valence-electron chi connectivity index (χ2n) is 2.89. The van der Waals surface area contributed by atoms with Crippen molar-refractivity contribution in [1.82, 2.24) is 5.17 Å². The van der Waals surface area contributed by atoms with Crippen molar-refractivity contribution < 1.29 is 10.0 Å². The molecule has 4 heteroatoms. The Balaban J connectivity index is 2.24. The molecule has 0 bridgehead atoms. The van der Waals surface area contributed by atoms with Crippen LogP contribution in [0.4, 0.5) is 5.69 Å². The van der Waals surface area contributed by atoms with Gasteiger partial charge in [0, 0.05) is 0 Å². The van der Waals surface area contributed by atoms with E-state index in [9.17, 15) is 10.0 Å². The third kappa shape index (κ3) is 1.36. The number of amides is 1.